The highest BCUT2D eigenvalue weighted by atomic mass is 16.2. The zero-order valence-electron chi connectivity index (χ0n) is 13.2. The molecule has 0 aromatic carbocycles. The number of rotatable bonds is 15. The molecule has 0 saturated carbocycles. The standard InChI is InChI=1S/C19H34O/c1-2-3-4-5-6-7-8-9-10-11-12-13-14-15-16-17-18-19-20/h2,9-10,17-18,20H,1,3-8,11-16,19H2/b10-9+,18-17+. The lowest BCUT2D eigenvalue weighted by molar-refractivity contribution is 0.342. The van der Waals surface area contributed by atoms with Gasteiger partial charge >= 0.3 is 0 Å². The number of aliphatic hydroxyl groups is 1. The van der Waals surface area contributed by atoms with Gasteiger partial charge in [0.2, 0.25) is 0 Å². The first-order valence-electron chi connectivity index (χ1n) is 8.43. The third-order valence-corrected chi connectivity index (χ3v) is 3.46. The number of unbranched alkanes of at least 4 members (excludes halogenated alkanes) is 10. The Morgan fingerprint density at radius 3 is 1.35 bits per heavy atom. The van der Waals surface area contributed by atoms with E-state index in [-0.39, 0.29) is 6.61 Å². The van der Waals surface area contributed by atoms with Crippen LogP contribution in [0.5, 0.6) is 0 Å². The number of hydrogen-bond acceptors (Lipinski definition) is 1. The van der Waals surface area contributed by atoms with Crippen molar-refractivity contribution in [2.24, 2.45) is 0 Å². The van der Waals surface area contributed by atoms with Crippen molar-refractivity contribution < 1.29 is 5.11 Å². The van der Waals surface area contributed by atoms with Gasteiger partial charge in [0, 0.05) is 0 Å². The second-order valence-corrected chi connectivity index (χ2v) is 5.40. The van der Waals surface area contributed by atoms with Gasteiger partial charge in [-0.2, -0.15) is 0 Å². The van der Waals surface area contributed by atoms with Crippen LogP contribution in [0.4, 0.5) is 0 Å². The maximum atomic E-state index is 8.58. The molecule has 0 fully saturated rings. The van der Waals surface area contributed by atoms with E-state index in [0.717, 1.165) is 6.42 Å². The van der Waals surface area contributed by atoms with Crippen molar-refractivity contribution in [1.29, 1.82) is 0 Å². The van der Waals surface area contributed by atoms with Crippen molar-refractivity contribution in [3.05, 3.63) is 37.0 Å². The molecule has 0 amide bonds. The zero-order valence-corrected chi connectivity index (χ0v) is 13.2. The lowest BCUT2D eigenvalue weighted by Crippen LogP contribution is -1.78. The highest BCUT2D eigenvalue weighted by molar-refractivity contribution is 4.82. The Labute approximate surface area is 126 Å². The first-order chi connectivity index (χ1) is 9.91. The first kappa shape index (κ1) is 19.2. The number of aliphatic hydroxyl groups excluding tert-OH is 1. The summed E-state index contributed by atoms with van der Waals surface area (Å²) in [6, 6.07) is 0. The molecule has 0 spiro atoms. The van der Waals surface area contributed by atoms with Gasteiger partial charge in [0.05, 0.1) is 6.61 Å². The van der Waals surface area contributed by atoms with Crippen LogP contribution in [0.3, 0.4) is 0 Å². The van der Waals surface area contributed by atoms with Crippen molar-refractivity contribution >= 4 is 0 Å². The Kier molecular flexibility index (Phi) is 17.4. The SMILES string of the molecule is C=CCCCCCC/C=C/CCCCCC/C=C/CO. The van der Waals surface area contributed by atoms with Crippen LogP contribution in [-0.4, -0.2) is 11.7 Å². The van der Waals surface area contributed by atoms with Crippen LogP contribution in [0.25, 0.3) is 0 Å². The largest absolute Gasteiger partial charge is 0.392 e. The monoisotopic (exact) mass is 278 g/mol. The van der Waals surface area contributed by atoms with Crippen LogP contribution in [-0.2, 0) is 0 Å². The molecule has 0 aromatic heterocycles. The van der Waals surface area contributed by atoms with E-state index in [1.165, 1.54) is 70.6 Å². The lowest BCUT2D eigenvalue weighted by atomic mass is 10.1. The molecule has 0 rings (SSSR count). The van der Waals surface area contributed by atoms with Gasteiger partial charge in [-0.3, -0.25) is 0 Å². The highest BCUT2D eigenvalue weighted by Crippen LogP contribution is 2.08. The van der Waals surface area contributed by atoms with Crippen LogP contribution in [0.1, 0.15) is 77.0 Å². The van der Waals surface area contributed by atoms with Gasteiger partial charge in [-0.25, -0.2) is 0 Å². The van der Waals surface area contributed by atoms with Gasteiger partial charge in [-0.05, 0) is 51.4 Å². The molecule has 0 unspecified atom stereocenters. The van der Waals surface area contributed by atoms with Crippen LogP contribution in [0, 0.1) is 0 Å². The van der Waals surface area contributed by atoms with Crippen LogP contribution in [0.2, 0.25) is 0 Å². The maximum Gasteiger partial charge on any atom is 0.0612 e. The van der Waals surface area contributed by atoms with E-state index in [1.807, 2.05) is 12.2 Å². The van der Waals surface area contributed by atoms with Gasteiger partial charge in [0.15, 0.2) is 0 Å². The molecule has 0 bridgehead atoms. The fraction of sp³-hybridized carbons (Fsp3) is 0.684. The topological polar surface area (TPSA) is 20.2 Å². The van der Waals surface area contributed by atoms with Crippen LogP contribution in [0.15, 0.2) is 37.0 Å². The second-order valence-electron chi connectivity index (χ2n) is 5.40. The molecule has 116 valence electrons. The second kappa shape index (κ2) is 18.2. The molecule has 0 heterocycles. The molecule has 1 N–H and O–H groups in total. The number of hydrogen-bond donors (Lipinski definition) is 1. The summed E-state index contributed by atoms with van der Waals surface area (Å²) < 4.78 is 0. The van der Waals surface area contributed by atoms with Gasteiger partial charge in [0.25, 0.3) is 0 Å². The summed E-state index contributed by atoms with van der Waals surface area (Å²) in [5.74, 6) is 0. The molecule has 20 heavy (non-hydrogen) atoms. The van der Waals surface area contributed by atoms with Crippen LogP contribution < -0.4 is 0 Å². The van der Waals surface area contributed by atoms with Gasteiger partial charge in [-0.15, -0.1) is 6.58 Å². The van der Waals surface area contributed by atoms with E-state index >= 15 is 0 Å². The predicted octanol–water partition coefficient (Wildman–Crippen LogP) is 5.96. The quantitative estimate of drug-likeness (QED) is 0.289. The minimum absolute atomic E-state index is 0.180. The Bertz CT molecular complexity index is 240. The van der Waals surface area contributed by atoms with Gasteiger partial charge in [-0.1, -0.05) is 56.1 Å². The van der Waals surface area contributed by atoms with E-state index in [0.29, 0.717) is 0 Å². The molecular weight excluding hydrogens is 244 g/mol. The molecule has 0 saturated heterocycles. The average Bonchev–Trinajstić information content (AvgIpc) is 2.47. The maximum absolute atomic E-state index is 8.58. The Morgan fingerprint density at radius 2 is 0.950 bits per heavy atom. The highest BCUT2D eigenvalue weighted by Gasteiger charge is 1.89. The third-order valence-electron chi connectivity index (χ3n) is 3.46. The molecule has 1 heteroatoms. The molecular formula is C19H34O. The summed E-state index contributed by atoms with van der Waals surface area (Å²) >= 11 is 0. The Morgan fingerprint density at radius 1 is 0.550 bits per heavy atom. The fourth-order valence-electron chi connectivity index (χ4n) is 2.21. The molecule has 0 atom stereocenters. The van der Waals surface area contributed by atoms with E-state index < -0.39 is 0 Å². The Balaban J connectivity index is 3.08. The van der Waals surface area contributed by atoms with Gasteiger partial charge in [0.1, 0.15) is 0 Å². The van der Waals surface area contributed by atoms with Crippen molar-refractivity contribution in [2.75, 3.05) is 6.61 Å². The lowest BCUT2D eigenvalue weighted by Gasteiger charge is -1.98. The number of allylic oxidation sites excluding steroid dienone is 4. The van der Waals surface area contributed by atoms with E-state index in [2.05, 4.69) is 24.8 Å². The molecule has 0 aliphatic heterocycles. The zero-order chi connectivity index (χ0) is 14.7. The van der Waals surface area contributed by atoms with Gasteiger partial charge < -0.3 is 5.11 Å². The van der Waals surface area contributed by atoms with E-state index in [4.69, 9.17) is 5.11 Å². The van der Waals surface area contributed by atoms with Crippen molar-refractivity contribution in [2.45, 2.75) is 77.0 Å². The normalized spacial score (nSPS) is 11.7. The van der Waals surface area contributed by atoms with Crippen molar-refractivity contribution in [3.8, 4) is 0 Å². The smallest absolute Gasteiger partial charge is 0.0612 e. The molecule has 0 aliphatic carbocycles. The summed E-state index contributed by atoms with van der Waals surface area (Å²) in [4.78, 5) is 0. The average molecular weight is 278 g/mol. The Hall–Kier alpha value is -0.820. The van der Waals surface area contributed by atoms with E-state index in [1.54, 1.807) is 0 Å². The van der Waals surface area contributed by atoms with E-state index in [9.17, 15) is 0 Å². The summed E-state index contributed by atoms with van der Waals surface area (Å²) in [5.41, 5.74) is 0. The third kappa shape index (κ3) is 17.2. The van der Waals surface area contributed by atoms with Crippen molar-refractivity contribution in [3.63, 3.8) is 0 Å². The summed E-state index contributed by atoms with van der Waals surface area (Å²) in [6.07, 6.45) is 26.0. The minimum Gasteiger partial charge on any atom is -0.392 e. The summed E-state index contributed by atoms with van der Waals surface area (Å²) in [6.45, 7) is 3.92. The minimum atomic E-state index is 0.180. The van der Waals surface area contributed by atoms with Crippen molar-refractivity contribution in [1.82, 2.24) is 0 Å². The molecule has 0 aromatic rings. The fourth-order valence-corrected chi connectivity index (χ4v) is 2.21. The first-order valence-corrected chi connectivity index (χ1v) is 8.43. The summed E-state index contributed by atoms with van der Waals surface area (Å²) in [7, 11) is 0. The predicted molar refractivity (Wildman–Crippen MR) is 91.0 cm³/mol. The summed E-state index contributed by atoms with van der Waals surface area (Å²) in [5, 5.41) is 8.58. The van der Waals surface area contributed by atoms with Crippen LogP contribution >= 0.6 is 0 Å². The molecule has 1 nitrogen and oxygen atoms in total. The molecule has 0 radical (unpaired) electrons. The molecule has 0 aliphatic rings.